The van der Waals surface area contributed by atoms with E-state index in [4.69, 9.17) is 16.7 Å². The van der Waals surface area contributed by atoms with Crippen LogP contribution < -0.4 is 5.32 Å². The van der Waals surface area contributed by atoms with Crippen LogP contribution >= 0.6 is 11.6 Å². The minimum absolute atomic E-state index is 0.159. The Hall–Kier alpha value is -3.44. The number of carbonyl (C=O) groups excluding carboxylic acids is 1. The Morgan fingerprint density at radius 1 is 1.03 bits per heavy atom. The van der Waals surface area contributed by atoms with Crippen LogP contribution in [-0.2, 0) is 16.8 Å². The molecule has 0 aliphatic rings. The first-order valence-corrected chi connectivity index (χ1v) is 12.0. The van der Waals surface area contributed by atoms with Gasteiger partial charge in [-0.3, -0.25) is 4.79 Å². The van der Waals surface area contributed by atoms with Crippen molar-refractivity contribution in [3.8, 4) is 16.8 Å². The van der Waals surface area contributed by atoms with E-state index < -0.39 is 5.92 Å². The monoisotopic (exact) mass is 489 g/mol. The van der Waals surface area contributed by atoms with Gasteiger partial charge in [-0.1, -0.05) is 80.9 Å². The van der Waals surface area contributed by atoms with Crippen LogP contribution in [0, 0.1) is 5.82 Å². The van der Waals surface area contributed by atoms with Crippen LogP contribution in [0.15, 0.2) is 78.9 Å². The molecule has 0 aliphatic heterocycles. The van der Waals surface area contributed by atoms with Crippen LogP contribution in [0.3, 0.4) is 0 Å². The molecule has 0 saturated carbocycles. The summed E-state index contributed by atoms with van der Waals surface area (Å²) in [5.74, 6) is -1.05. The number of aromatic nitrogens is 2. The number of hydrogen-bond donors (Lipinski definition) is 1. The van der Waals surface area contributed by atoms with E-state index in [2.05, 4.69) is 26.1 Å². The van der Waals surface area contributed by atoms with E-state index in [1.165, 1.54) is 6.07 Å². The van der Waals surface area contributed by atoms with Crippen LogP contribution in [0.5, 0.6) is 0 Å². The van der Waals surface area contributed by atoms with Gasteiger partial charge in [0.25, 0.3) is 0 Å². The predicted octanol–water partition coefficient (Wildman–Crippen LogP) is 7.05. The Kier molecular flexibility index (Phi) is 7.08. The van der Waals surface area contributed by atoms with E-state index in [1.54, 1.807) is 13.0 Å². The highest BCUT2D eigenvalue weighted by Gasteiger charge is 2.22. The van der Waals surface area contributed by atoms with Gasteiger partial charge in [-0.05, 0) is 48.4 Å². The van der Waals surface area contributed by atoms with Crippen LogP contribution in [0.2, 0.25) is 5.02 Å². The molecular formula is C29H29ClFN3O. The van der Waals surface area contributed by atoms with Crippen molar-refractivity contribution in [3.05, 3.63) is 107 Å². The highest BCUT2D eigenvalue weighted by molar-refractivity contribution is 6.30. The zero-order valence-corrected chi connectivity index (χ0v) is 21.1. The van der Waals surface area contributed by atoms with Crippen molar-refractivity contribution in [2.75, 3.05) is 0 Å². The van der Waals surface area contributed by atoms with Gasteiger partial charge in [-0.15, -0.1) is 0 Å². The van der Waals surface area contributed by atoms with Crippen molar-refractivity contribution in [1.82, 2.24) is 15.1 Å². The Bertz CT molecular complexity index is 1340. The lowest BCUT2D eigenvalue weighted by Crippen LogP contribution is -2.28. The molecule has 1 unspecified atom stereocenters. The number of nitrogens with one attached hydrogen (secondary N) is 1. The van der Waals surface area contributed by atoms with E-state index in [9.17, 15) is 9.18 Å². The number of benzene rings is 3. The standard InChI is InChI=1S/C29H29ClFN3O/c1-19(21-13-14-25(26(31)15-21)20-9-6-5-7-10-20)28(35)32-18-24-17-27(29(2,3)4)33-34(24)23-12-8-11-22(30)16-23/h5-17,19H,18H2,1-4H3,(H,32,35). The highest BCUT2D eigenvalue weighted by atomic mass is 35.5. The van der Waals surface area contributed by atoms with Gasteiger partial charge in [0.15, 0.2) is 0 Å². The molecule has 4 aromatic rings. The summed E-state index contributed by atoms with van der Waals surface area (Å²) in [6.07, 6.45) is 0. The fourth-order valence-corrected chi connectivity index (χ4v) is 4.06. The van der Waals surface area contributed by atoms with Gasteiger partial charge in [-0.25, -0.2) is 9.07 Å². The Labute approximate surface area is 210 Å². The van der Waals surface area contributed by atoms with Gasteiger partial charge in [0, 0.05) is 16.0 Å². The molecule has 180 valence electrons. The number of nitrogens with zero attached hydrogens (tertiary/aromatic N) is 2. The van der Waals surface area contributed by atoms with Gasteiger partial charge in [0.05, 0.1) is 29.5 Å². The molecule has 0 radical (unpaired) electrons. The van der Waals surface area contributed by atoms with Crippen molar-refractivity contribution >= 4 is 17.5 Å². The smallest absolute Gasteiger partial charge is 0.227 e. The van der Waals surface area contributed by atoms with Crippen LogP contribution in [-0.4, -0.2) is 15.7 Å². The second-order valence-electron chi connectivity index (χ2n) is 9.71. The molecule has 4 nitrogen and oxygen atoms in total. The zero-order valence-electron chi connectivity index (χ0n) is 20.3. The number of carbonyl (C=O) groups is 1. The molecule has 6 heteroatoms. The zero-order chi connectivity index (χ0) is 25.2. The quantitative estimate of drug-likeness (QED) is 0.315. The van der Waals surface area contributed by atoms with Crippen molar-refractivity contribution in [3.63, 3.8) is 0 Å². The predicted molar refractivity (Wildman–Crippen MR) is 139 cm³/mol. The molecule has 1 N–H and O–H groups in total. The van der Waals surface area contributed by atoms with Gasteiger partial charge in [-0.2, -0.15) is 5.10 Å². The summed E-state index contributed by atoms with van der Waals surface area (Å²) in [6.45, 7) is 8.34. The average Bonchev–Trinajstić information content (AvgIpc) is 3.27. The minimum Gasteiger partial charge on any atom is -0.350 e. The third kappa shape index (κ3) is 5.63. The summed E-state index contributed by atoms with van der Waals surface area (Å²) in [4.78, 5) is 13.0. The Balaban J connectivity index is 1.53. The summed E-state index contributed by atoms with van der Waals surface area (Å²) in [5, 5.41) is 8.39. The topological polar surface area (TPSA) is 46.9 Å². The lowest BCUT2D eigenvalue weighted by atomic mass is 9.92. The van der Waals surface area contributed by atoms with E-state index in [-0.39, 0.29) is 23.7 Å². The number of hydrogen-bond acceptors (Lipinski definition) is 2. The molecule has 0 aliphatic carbocycles. The van der Waals surface area contributed by atoms with Crippen molar-refractivity contribution in [2.24, 2.45) is 0 Å². The molecule has 0 fully saturated rings. The fourth-order valence-electron chi connectivity index (χ4n) is 3.88. The summed E-state index contributed by atoms with van der Waals surface area (Å²) in [7, 11) is 0. The average molecular weight is 490 g/mol. The normalized spacial score (nSPS) is 12.4. The molecule has 3 aromatic carbocycles. The lowest BCUT2D eigenvalue weighted by Gasteiger charge is -2.15. The number of halogens is 2. The molecule has 1 heterocycles. The van der Waals surface area contributed by atoms with Gasteiger partial charge < -0.3 is 5.32 Å². The molecule has 0 saturated heterocycles. The first-order valence-electron chi connectivity index (χ1n) is 11.6. The maximum Gasteiger partial charge on any atom is 0.227 e. The van der Waals surface area contributed by atoms with Crippen molar-refractivity contribution in [1.29, 1.82) is 0 Å². The number of rotatable bonds is 6. The van der Waals surface area contributed by atoms with Crippen molar-refractivity contribution in [2.45, 2.75) is 45.6 Å². The van der Waals surface area contributed by atoms with E-state index >= 15 is 0 Å². The van der Waals surface area contributed by atoms with Gasteiger partial charge >= 0.3 is 0 Å². The second-order valence-corrected chi connectivity index (χ2v) is 10.1. The van der Waals surface area contributed by atoms with Crippen LogP contribution in [0.4, 0.5) is 4.39 Å². The highest BCUT2D eigenvalue weighted by Crippen LogP contribution is 2.27. The van der Waals surface area contributed by atoms with Crippen LogP contribution in [0.25, 0.3) is 16.8 Å². The third-order valence-corrected chi connectivity index (χ3v) is 6.25. The molecule has 35 heavy (non-hydrogen) atoms. The fraction of sp³-hybridized carbons (Fsp3) is 0.241. The molecule has 0 bridgehead atoms. The van der Waals surface area contributed by atoms with Crippen LogP contribution in [0.1, 0.15) is 50.6 Å². The number of amides is 1. The van der Waals surface area contributed by atoms with E-state index in [1.807, 2.05) is 71.4 Å². The van der Waals surface area contributed by atoms with E-state index in [0.29, 0.717) is 16.1 Å². The molecule has 0 spiro atoms. The third-order valence-electron chi connectivity index (χ3n) is 6.02. The first-order chi connectivity index (χ1) is 16.6. The Morgan fingerprint density at radius 2 is 1.77 bits per heavy atom. The minimum atomic E-state index is -0.515. The lowest BCUT2D eigenvalue weighted by molar-refractivity contribution is -0.122. The summed E-state index contributed by atoms with van der Waals surface area (Å²) >= 11 is 6.20. The Morgan fingerprint density at radius 3 is 2.43 bits per heavy atom. The SMILES string of the molecule is CC(C(=O)NCc1cc(C(C)(C)C)nn1-c1cccc(Cl)c1)c1ccc(-c2ccccc2)c(F)c1. The molecule has 4 rings (SSSR count). The largest absolute Gasteiger partial charge is 0.350 e. The van der Waals surface area contributed by atoms with Gasteiger partial charge in [0.2, 0.25) is 5.91 Å². The van der Waals surface area contributed by atoms with Gasteiger partial charge in [0.1, 0.15) is 5.82 Å². The molecule has 1 aromatic heterocycles. The molecular weight excluding hydrogens is 461 g/mol. The maximum atomic E-state index is 14.8. The van der Waals surface area contributed by atoms with Crippen molar-refractivity contribution < 1.29 is 9.18 Å². The summed E-state index contributed by atoms with van der Waals surface area (Å²) in [5.41, 5.74) is 4.35. The maximum absolute atomic E-state index is 14.8. The molecule has 1 atom stereocenters. The first kappa shape index (κ1) is 24.7. The summed E-state index contributed by atoms with van der Waals surface area (Å²) < 4.78 is 16.7. The summed E-state index contributed by atoms with van der Waals surface area (Å²) in [6, 6.07) is 23.8. The molecule has 1 amide bonds. The second kappa shape index (κ2) is 10.0. The van der Waals surface area contributed by atoms with E-state index in [0.717, 1.165) is 22.6 Å².